The number of carbonyl (C=O) groups is 1. The molecule has 7 nitrogen and oxygen atoms in total. The number of hydrogen-bond acceptors (Lipinski definition) is 4. The number of nitrogens with zero attached hydrogens (tertiary/aromatic N) is 3. The minimum atomic E-state index is -0.762. The van der Waals surface area contributed by atoms with Crippen molar-refractivity contribution in [2.45, 2.75) is 45.3 Å². The van der Waals surface area contributed by atoms with Crippen LogP contribution in [0.15, 0.2) is 35.4 Å². The normalized spacial score (nSPS) is 13.5. The molecule has 0 heterocycles. The van der Waals surface area contributed by atoms with Crippen LogP contribution in [0.25, 0.3) is 10.4 Å². The number of aliphatic hydroxyl groups excluding tert-OH is 1. The highest BCUT2D eigenvalue weighted by molar-refractivity contribution is 6.57. The first kappa shape index (κ1) is 22.0. The number of carbonyl (C=O) groups excluding carboxylic acids is 1. The van der Waals surface area contributed by atoms with Gasteiger partial charge in [0, 0.05) is 24.5 Å². The molecule has 0 aliphatic carbocycles. The van der Waals surface area contributed by atoms with Gasteiger partial charge in [-0.25, -0.2) is 0 Å². The molecule has 0 saturated carbocycles. The predicted octanol–water partition coefficient (Wildman–Crippen LogP) is 2.54. The number of azide groups is 1. The van der Waals surface area contributed by atoms with E-state index in [1.54, 1.807) is 0 Å². The molecule has 1 aromatic carbocycles. The van der Waals surface area contributed by atoms with Gasteiger partial charge in [0.1, 0.15) is 0 Å². The van der Waals surface area contributed by atoms with Crippen molar-refractivity contribution >= 4 is 13.7 Å². The van der Waals surface area contributed by atoms with Gasteiger partial charge in [0.05, 0.1) is 12.1 Å². The average Bonchev–Trinajstić information content (AvgIpc) is 2.58. The van der Waals surface area contributed by atoms with E-state index in [2.05, 4.69) is 34.5 Å². The summed E-state index contributed by atoms with van der Waals surface area (Å²) in [5, 5.41) is 19.9. The molecule has 1 aromatic rings. The van der Waals surface area contributed by atoms with Crippen molar-refractivity contribution in [3.63, 3.8) is 0 Å². The highest BCUT2D eigenvalue weighted by Gasteiger charge is 2.22. The Morgan fingerprint density at radius 3 is 2.69 bits per heavy atom. The van der Waals surface area contributed by atoms with E-state index in [4.69, 9.17) is 13.4 Å². The van der Waals surface area contributed by atoms with Crippen LogP contribution in [0.1, 0.15) is 32.3 Å². The van der Waals surface area contributed by atoms with E-state index in [1.807, 2.05) is 30.3 Å². The van der Waals surface area contributed by atoms with Crippen molar-refractivity contribution in [2.75, 3.05) is 19.6 Å². The Balaban J connectivity index is 2.48. The third-order valence-corrected chi connectivity index (χ3v) is 4.22. The minimum absolute atomic E-state index is 0.0107. The molecule has 1 amide bonds. The quantitative estimate of drug-likeness (QED) is 0.176. The maximum atomic E-state index is 11.3. The molecule has 3 N–H and O–H groups in total. The highest BCUT2D eigenvalue weighted by Crippen LogP contribution is 2.21. The van der Waals surface area contributed by atoms with Gasteiger partial charge in [-0.05, 0) is 35.8 Å². The molecular weight excluding hydrogens is 329 g/mol. The number of rotatable bonds is 12. The summed E-state index contributed by atoms with van der Waals surface area (Å²) >= 11 is 0. The van der Waals surface area contributed by atoms with Crippen LogP contribution >= 0.6 is 0 Å². The number of aliphatic hydroxyl groups is 1. The first-order valence-electron chi connectivity index (χ1n) is 8.83. The van der Waals surface area contributed by atoms with Gasteiger partial charge >= 0.3 is 0 Å². The standard InChI is InChI=1S/C18H28BN5O2/c1-18(2,9-6-10-22-24-20)13-21-12-16(25)15(23-17(19)26)11-14-7-4-3-5-8-14/h3-5,7-8,15-16,21,25H,6,9-13H2,1-2H3,(H,23,26)/t15-,16+/m0/s1. The second kappa shape index (κ2) is 11.6. The molecule has 0 spiro atoms. The van der Waals surface area contributed by atoms with Crippen LogP contribution in [0.5, 0.6) is 0 Å². The van der Waals surface area contributed by atoms with Crippen LogP contribution in [-0.2, 0) is 6.42 Å². The van der Waals surface area contributed by atoms with Crippen LogP contribution in [0.3, 0.4) is 0 Å². The van der Waals surface area contributed by atoms with Crippen LogP contribution in [0.4, 0.5) is 4.79 Å². The van der Waals surface area contributed by atoms with Crippen LogP contribution in [0.2, 0.25) is 0 Å². The van der Waals surface area contributed by atoms with E-state index in [9.17, 15) is 9.90 Å². The molecule has 0 fully saturated rings. The first-order valence-corrected chi connectivity index (χ1v) is 8.83. The molecule has 0 bridgehead atoms. The third kappa shape index (κ3) is 9.46. The molecule has 8 heteroatoms. The lowest BCUT2D eigenvalue weighted by Gasteiger charge is -2.28. The van der Waals surface area contributed by atoms with Gasteiger partial charge < -0.3 is 15.7 Å². The second-order valence-electron chi connectivity index (χ2n) is 7.23. The first-order chi connectivity index (χ1) is 12.3. The largest absolute Gasteiger partial charge is 0.390 e. The van der Waals surface area contributed by atoms with Gasteiger partial charge in [-0.3, -0.25) is 4.79 Å². The molecule has 1 rings (SSSR count). The van der Waals surface area contributed by atoms with Crippen molar-refractivity contribution in [1.29, 1.82) is 0 Å². The molecule has 0 aromatic heterocycles. The molecule has 0 aliphatic heterocycles. The zero-order valence-electron chi connectivity index (χ0n) is 15.6. The molecular formula is C18H28BN5O2. The zero-order valence-corrected chi connectivity index (χ0v) is 15.6. The summed E-state index contributed by atoms with van der Waals surface area (Å²) in [5.74, 6) is -0.650. The number of hydrogen-bond donors (Lipinski definition) is 3. The van der Waals surface area contributed by atoms with E-state index in [0.717, 1.165) is 18.4 Å². The summed E-state index contributed by atoms with van der Waals surface area (Å²) in [5.41, 5.74) is 9.33. The van der Waals surface area contributed by atoms with Crippen molar-refractivity contribution in [1.82, 2.24) is 10.6 Å². The zero-order chi connectivity index (χ0) is 19.4. The van der Waals surface area contributed by atoms with Crippen LogP contribution in [0, 0.1) is 5.41 Å². The van der Waals surface area contributed by atoms with Crippen LogP contribution in [-0.4, -0.2) is 50.5 Å². The number of benzene rings is 1. The summed E-state index contributed by atoms with van der Waals surface area (Å²) in [6.07, 6.45) is 1.47. The lowest BCUT2D eigenvalue weighted by atomic mass is 9.87. The van der Waals surface area contributed by atoms with Gasteiger partial charge in [0.15, 0.2) is 5.81 Å². The average molecular weight is 357 g/mol. The Morgan fingerprint density at radius 2 is 2.08 bits per heavy atom. The fourth-order valence-corrected chi connectivity index (χ4v) is 2.80. The Hall–Kier alpha value is -2.02. The SMILES string of the molecule is [B]C(=O)N[C@@H](Cc1ccccc1)[C@H](O)CNCC(C)(C)CCCN=[N+]=[N-]. The lowest BCUT2D eigenvalue weighted by molar-refractivity contribution is 0.125. The molecule has 2 radical (unpaired) electrons. The van der Waals surface area contributed by atoms with E-state index in [0.29, 0.717) is 26.1 Å². The van der Waals surface area contributed by atoms with E-state index < -0.39 is 18.0 Å². The predicted molar refractivity (Wildman–Crippen MR) is 104 cm³/mol. The van der Waals surface area contributed by atoms with Crippen molar-refractivity contribution < 1.29 is 9.90 Å². The fourth-order valence-electron chi connectivity index (χ4n) is 2.80. The summed E-state index contributed by atoms with van der Waals surface area (Å²) < 4.78 is 0. The maximum absolute atomic E-state index is 11.3. The monoisotopic (exact) mass is 357 g/mol. The second-order valence-corrected chi connectivity index (χ2v) is 7.23. The van der Waals surface area contributed by atoms with Gasteiger partial charge in [0.2, 0.25) is 7.85 Å². The Kier molecular flexibility index (Phi) is 9.80. The highest BCUT2D eigenvalue weighted by atomic mass is 16.3. The van der Waals surface area contributed by atoms with Gasteiger partial charge in [-0.1, -0.05) is 49.3 Å². The summed E-state index contributed by atoms with van der Waals surface area (Å²) in [4.78, 5) is 14.0. The molecule has 0 aliphatic rings. The molecule has 140 valence electrons. The molecule has 26 heavy (non-hydrogen) atoms. The van der Waals surface area contributed by atoms with Gasteiger partial charge in [0.25, 0.3) is 0 Å². The topological polar surface area (TPSA) is 110 Å². The molecule has 0 saturated heterocycles. The van der Waals surface area contributed by atoms with Crippen molar-refractivity contribution in [3.8, 4) is 0 Å². The van der Waals surface area contributed by atoms with Crippen LogP contribution < -0.4 is 10.6 Å². The van der Waals surface area contributed by atoms with E-state index in [1.165, 1.54) is 0 Å². The van der Waals surface area contributed by atoms with Gasteiger partial charge in [-0.2, -0.15) is 0 Å². The molecule has 2 atom stereocenters. The Labute approximate surface area is 156 Å². The Morgan fingerprint density at radius 1 is 1.38 bits per heavy atom. The van der Waals surface area contributed by atoms with Gasteiger partial charge in [-0.15, -0.1) is 0 Å². The summed E-state index contributed by atoms with van der Waals surface area (Å²) in [6, 6.07) is 9.18. The number of amides is 1. The van der Waals surface area contributed by atoms with E-state index >= 15 is 0 Å². The third-order valence-electron chi connectivity index (χ3n) is 4.22. The smallest absolute Gasteiger partial charge is 0.200 e. The Bertz CT molecular complexity index is 591. The fraction of sp³-hybridized carbons (Fsp3) is 0.611. The van der Waals surface area contributed by atoms with Crippen molar-refractivity contribution in [2.24, 2.45) is 10.5 Å². The minimum Gasteiger partial charge on any atom is -0.390 e. The molecule has 0 unspecified atom stereocenters. The number of nitrogens with one attached hydrogen (secondary N) is 2. The lowest BCUT2D eigenvalue weighted by Crippen LogP contribution is -2.49. The summed E-state index contributed by atoms with van der Waals surface area (Å²) in [7, 11) is 5.25. The van der Waals surface area contributed by atoms with E-state index in [-0.39, 0.29) is 5.41 Å². The maximum Gasteiger partial charge on any atom is 0.200 e. The van der Waals surface area contributed by atoms with Crippen molar-refractivity contribution in [3.05, 3.63) is 46.3 Å². The summed E-state index contributed by atoms with van der Waals surface area (Å²) in [6.45, 7) is 5.77.